The van der Waals surface area contributed by atoms with Gasteiger partial charge in [0.25, 0.3) is 15.7 Å². The Morgan fingerprint density at radius 3 is 2.38 bits per heavy atom. The Bertz CT molecular complexity index is 1380. The third kappa shape index (κ3) is 8.04. The molecule has 2 unspecified atom stereocenters. The van der Waals surface area contributed by atoms with Gasteiger partial charge in [-0.2, -0.15) is 13.2 Å². The van der Waals surface area contributed by atoms with Crippen molar-refractivity contribution in [2.75, 3.05) is 25.1 Å². The Labute approximate surface area is 231 Å². The lowest BCUT2D eigenvalue weighted by atomic mass is 9.82. The number of hydrogen-bond donors (Lipinski definition) is 4. The zero-order valence-electron chi connectivity index (χ0n) is 21.8. The van der Waals surface area contributed by atoms with Crippen LogP contribution in [0.5, 0.6) is 0 Å². The van der Waals surface area contributed by atoms with E-state index in [9.17, 15) is 34.8 Å². The first-order valence-electron chi connectivity index (χ1n) is 12.5. The summed E-state index contributed by atoms with van der Waals surface area (Å²) < 4.78 is 84.8. The van der Waals surface area contributed by atoms with Gasteiger partial charge in [0.1, 0.15) is 5.84 Å². The van der Waals surface area contributed by atoms with E-state index >= 15 is 0 Å². The van der Waals surface area contributed by atoms with E-state index in [4.69, 9.17) is 11.5 Å². The van der Waals surface area contributed by atoms with Gasteiger partial charge in [-0.1, -0.05) is 0 Å². The fourth-order valence-corrected chi connectivity index (χ4v) is 7.44. The maximum absolute atomic E-state index is 12.8. The van der Waals surface area contributed by atoms with Gasteiger partial charge in [0.15, 0.2) is 9.84 Å². The number of halogens is 3. The molecule has 1 aliphatic carbocycles. The van der Waals surface area contributed by atoms with E-state index in [0.29, 0.717) is 19.4 Å². The first-order chi connectivity index (χ1) is 18.6. The number of hydrogen-bond acceptors (Lipinski definition) is 9. The largest absolute Gasteiger partial charge is 0.501 e. The predicted octanol–water partition coefficient (Wildman–Crippen LogP) is 1.19. The maximum atomic E-state index is 12.8. The molecular weight excluding hydrogens is 573 g/mol. The van der Waals surface area contributed by atoms with Crippen molar-refractivity contribution in [2.45, 2.75) is 48.2 Å². The summed E-state index contributed by atoms with van der Waals surface area (Å²) in [6.07, 6.45) is 6.02. The standard InChI is InChI=1S/C24H33F3N6O5S2/c1-30-12-16-10-18(31-11-15-8-9-39(35,36)14-15)4-7-21(16)32-13-20(23(29)34)22(28)33-17-2-5-19(6-3-17)40(37,38)24(25,26)27/h2-3,5-6,12-13,15-16,18,21,31-32H,4,7-11,14H2,1H3,(H2,28,33)(H2,29,34)/b20-13+,30-12?/t15?,16-,18?,21+/m1/s1. The molecule has 0 aromatic heterocycles. The number of nitrogens with two attached hydrogens (primary N) is 2. The van der Waals surface area contributed by atoms with Crippen LogP contribution in [0.4, 0.5) is 18.9 Å². The normalized spacial score (nSPS) is 26.2. The van der Waals surface area contributed by atoms with Gasteiger partial charge >= 0.3 is 5.51 Å². The van der Waals surface area contributed by atoms with Crippen LogP contribution in [0.2, 0.25) is 0 Å². The SMILES string of the molecule is CN=C[C@H]1CC(NCC2CCS(=O)(=O)C2)CC[C@@H]1N/C=C(/C(N)=O)C(N)=Nc1ccc(S(=O)(=O)C(F)(F)F)cc1. The number of rotatable bonds is 10. The number of benzene rings is 1. The summed E-state index contributed by atoms with van der Waals surface area (Å²) in [6, 6.07) is 3.59. The average molecular weight is 607 g/mol. The molecule has 222 valence electrons. The van der Waals surface area contributed by atoms with E-state index < -0.39 is 36.0 Å². The number of alkyl halides is 3. The first kappa shape index (κ1) is 31.5. The molecule has 1 aliphatic heterocycles. The first-order valence-corrected chi connectivity index (χ1v) is 15.8. The Morgan fingerprint density at radius 2 is 1.82 bits per heavy atom. The van der Waals surface area contributed by atoms with Crippen LogP contribution in [0.3, 0.4) is 0 Å². The number of nitrogens with zero attached hydrogens (tertiary/aromatic N) is 2. The third-order valence-electron chi connectivity index (χ3n) is 6.95. The van der Waals surface area contributed by atoms with Crippen molar-refractivity contribution in [3.05, 3.63) is 36.0 Å². The molecule has 0 bridgehead atoms. The van der Waals surface area contributed by atoms with E-state index in [1.807, 2.05) is 0 Å². The highest BCUT2D eigenvalue weighted by molar-refractivity contribution is 7.92. The highest BCUT2D eigenvalue weighted by Crippen LogP contribution is 2.31. The second-order valence-electron chi connectivity index (χ2n) is 9.89. The molecular formula is C24H33F3N6O5S2. The molecule has 6 N–H and O–H groups in total. The molecule has 11 nitrogen and oxygen atoms in total. The van der Waals surface area contributed by atoms with Crippen molar-refractivity contribution in [3.8, 4) is 0 Å². The minimum atomic E-state index is -5.51. The van der Waals surface area contributed by atoms with Crippen LogP contribution in [0.1, 0.15) is 25.7 Å². The molecule has 1 aromatic carbocycles. The minimum Gasteiger partial charge on any atom is -0.387 e. The van der Waals surface area contributed by atoms with Gasteiger partial charge in [0.2, 0.25) is 0 Å². The summed E-state index contributed by atoms with van der Waals surface area (Å²) in [5.41, 5.74) is 5.84. The predicted molar refractivity (Wildman–Crippen MR) is 145 cm³/mol. The number of primary amides is 1. The molecule has 16 heteroatoms. The van der Waals surface area contributed by atoms with E-state index in [-0.39, 0.29) is 52.5 Å². The molecule has 40 heavy (non-hydrogen) atoms. The number of sulfone groups is 2. The van der Waals surface area contributed by atoms with Gasteiger partial charge in [0, 0.05) is 37.5 Å². The monoisotopic (exact) mass is 606 g/mol. The Morgan fingerprint density at radius 1 is 1.15 bits per heavy atom. The van der Waals surface area contributed by atoms with E-state index in [2.05, 4.69) is 20.6 Å². The number of amidine groups is 1. The van der Waals surface area contributed by atoms with Crippen LogP contribution in [-0.4, -0.2) is 77.5 Å². The smallest absolute Gasteiger partial charge is 0.387 e. The maximum Gasteiger partial charge on any atom is 0.501 e. The minimum absolute atomic E-state index is 0.0170. The quantitative estimate of drug-likeness (QED) is 0.174. The third-order valence-corrected chi connectivity index (χ3v) is 10.3. The molecule has 0 radical (unpaired) electrons. The molecule has 1 heterocycles. The molecule has 2 fully saturated rings. The van der Waals surface area contributed by atoms with Crippen molar-refractivity contribution < 1.29 is 34.8 Å². The van der Waals surface area contributed by atoms with Crippen molar-refractivity contribution >= 4 is 43.3 Å². The lowest BCUT2D eigenvalue weighted by Crippen LogP contribution is -2.46. The number of carbonyl (C=O) groups excluding carboxylic acids is 1. The van der Waals surface area contributed by atoms with Gasteiger partial charge in [0.05, 0.1) is 27.7 Å². The van der Waals surface area contributed by atoms with Crippen LogP contribution in [0, 0.1) is 11.8 Å². The Hall–Kier alpha value is -2.98. The van der Waals surface area contributed by atoms with Gasteiger partial charge < -0.3 is 27.1 Å². The molecule has 0 spiro atoms. The summed E-state index contributed by atoms with van der Waals surface area (Å²) in [5.74, 6) is -0.686. The highest BCUT2D eigenvalue weighted by Gasteiger charge is 2.46. The van der Waals surface area contributed by atoms with Gasteiger partial charge in [-0.15, -0.1) is 0 Å². The van der Waals surface area contributed by atoms with Crippen molar-refractivity contribution in [1.82, 2.24) is 10.6 Å². The van der Waals surface area contributed by atoms with Gasteiger partial charge in [-0.3, -0.25) is 4.79 Å². The zero-order chi connectivity index (χ0) is 29.7. The lowest BCUT2D eigenvalue weighted by molar-refractivity contribution is -0.114. The highest BCUT2D eigenvalue weighted by atomic mass is 32.2. The number of aliphatic imine (C=N–C) groups is 2. The molecule has 1 aromatic rings. The number of amides is 1. The topological polar surface area (TPSA) is 186 Å². The fraction of sp³-hybridized carbons (Fsp3) is 0.542. The van der Waals surface area contributed by atoms with Crippen molar-refractivity contribution in [1.29, 1.82) is 0 Å². The average Bonchev–Trinajstić information content (AvgIpc) is 3.22. The molecule has 4 atom stereocenters. The summed E-state index contributed by atoms with van der Waals surface area (Å²) in [5, 5.41) is 6.63. The van der Waals surface area contributed by atoms with Gasteiger partial charge in [-0.25, -0.2) is 21.8 Å². The number of carbonyl (C=O) groups is 1. The summed E-state index contributed by atoms with van der Waals surface area (Å²) in [4.78, 5) is 19.3. The second kappa shape index (κ2) is 12.7. The van der Waals surface area contributed by atoms with E-state index in [1.165, 1.54) is 6.20 Å². The van der Waals surface area contributed by atoms with Crippen LogP contribution < -0.4 is 22.1 Å². The van der Waals surface area contributed by atoms with Crippen molar-refractivity contribution in [3.63, 3.8) is 0 Å². The van der Waals surface area contributed by atoms with Crippen LogP contribution >= 0.6 is 0 Å². The van der Waals surface area contributed by atoms with Crippen LogP contribution in [0.25, 0.3) is 0 Å². The van der Waals surface area contributed by atoms with Crippen LogP contribution in [0.15, 0.2) is 50.9 Å². The summed E-state index contributed by atoms with van der Waals surface area (Å²) >= 11 is 0. The summed E-state index contributed by atoms with van der Waals surface area (Å²) in [7, 11) is -6.80. The lowest BCUT2D eigenvalue weighted by Gasteiger charge is -2.35. The Balaban J connectivity index is 1.67. The Kier molecular flexibility index (Phi) is 10.0. The molecule has 1 saturated heterocycles. The fourth-order valence-electron chi connectivity index (χ4n) is 4.81. The zero-order valence-corrected chi connectivity index (χ0v) is 23.4. The molecule has 3 rings (SSSR count). The second-order valence-corrected chi connectivity index (χ2v) is 14.1. The van der Waals surface area contributed by atoms with E-state index in [1.54, 1.807) is 13.3 Å². The van der Waals surface area contributed by atoms with Crippen LogP contribution in [-0.2, 0) is 24.5 Å². The van der Waals surface area contributed by atoms with Gasteiger partial charge in [-0.05, 0) is 62.4 Å². The number of nitrogens with one attached hydrogen (secondary N) is 2. The molecule has 2 aliphatic rings. The molecule has 1 saturated carbocycles. The summed E-state index contributed by atoms with van der Waals surface area (Å²) in [6.45, 7) is 0.625. The molecule has 1 amide bonds. The van der Waals surface area contributed by atoms with Crippen molar-refractivity contribution in [2.24, 2.45) is 33.3 Å². The van der Waals surface area contributed by atoms with E-state index in [0.717, 1.165) is 37.1 Å².